The number of unbranched alkanes of at least 4 members (excludes halogenated alkanes) is 13. The Balaban J connectivity index is 3.40. The van der Waals surface area contributed by atoms with E-state index in [0.29, 0.717) is 25.4 Å². The van der Waals surface area contributed by atoms with E-state index in [1.807, 2.05) is 0 Å². The second kappa shape index (κ2) is 27.5. The molecule has 0 heterocycles. The quantitative estimate of drug-likeness (QED) is 0.0735. The standard InChI is InChI=1S/C28H60O5P2/c1-3-5-7-9-11-15-21-32-23-19-26-34(29)25-17-13-14-18-27-35(30,31)28-20-24-33-22-16-12-10-8-6-4-2/h29H,3-28H2,1-2H3,(H,30,31). The van der Waals surface area contributed by atoms with Crippen molar-refractivity contribution in [2.45, 2.75) is 129 Å². The molecule has 0 aromatic heterocycles. The molecule has 0 rings (SSSR count). The molecule has 0 aliphatic carbocycles. The third-order valence-electron chi connectivity index (χ3n) is 6.46. The molecule has 0 aromatic carbocycles. The minimum Gasteiger partial charge on any atom is -0.381 e. The number of rotatable bonds is 29. The van der Waals surface area contributed by atoms with Crippen molar-refractivity contribution in [1.82, 2.24) is 0 Å². The molecule has 35 heavy (non-hydrogen) atoms. The highest BCUT2D eigenvalue weighted by molar-refractivity contribution is 7.57. The monoisotopic (exact) mass is 538 g/mol. The van der Waals surface area contributed by atoms with Gasteiger partial charge >= 0.3 is 0 Å². The Morgan fingerprint density at radius 2 is 0.943 bits per heavy atom. The molecule has 0 spiro atoms. The van der Waals surface area contributed by atoms with E-state index in [2.05, 4.69) is 13.8 Å². The van der Waals surface area contributed by atoms with E-state index in [1.54, 1.807) is 0 Å². The van der Waals surface area contributed by atoms with E-state index < -0.39 is 15.5 Å². The van der Waals surface area contributed by atoms with Gasteiger partial charge in [-0.15, -0.1) is 0 Å². The van der Waals surface area contributed by atoms with Crippen LogP contribution in [-0.2, 0) is 14.0 Å². The Bertz CT molecular complexity index is 465. The van der Waals surface area contributed by atoms with Gasteiger partial charge in [0, 0.05) is 46.9 Å². The van der Waals surface area contributed by atoms with Crippen LogP contribution in [0.1, 0.15) is 129 Å². The van der Waals surface area contributed by atoms with E-state index in [4.69, 9.17) is 9.47 Å². The van der Waals surface area contributed by atoms with Crippen LogP contribution in [0.15, 0.2) is 0 Å². The van der Waals surface area contributed by atoms with Crippen LogP contribution in [0.3, 0.4) is 0 Å². The van der Waals surface area contributed by atoms with Crippen LogP contribution in [0.2, 0.25) is 0 Å². The molecule has 0 bridgehead atoms. The number of hydrogen-bond acceptors (Lipinski definition) is 4. The maximum atomic E-state index is 12.3. The van der Waals surface area contributed by atoms with Gasteiger partial charge in [-0.2, -0.15) is 0 Å². The van der Waals surface area contributed by atoms with Crippen molar-refractivity contribution >= 4 is 15.5 Å². The first-order valence-electron chi connectivity index (χ1n) is 14.9. The lowest BCUT2D eigenvalue weighted by molar-refractivity contribution is 0.130. The van der Waals surface area contributed by atoms with Crippen molar-refractivity contribution in [3.8, 4) is 0 Å². The maximum absolute atomic E-state index is 12.3. The van der Waals surface area contributed by atoms with E-state index in [1.165, 1.54) is 64.2 Å². The molecule has 0 aliphatic rings. The average molecular weight is 539 g/mol. The first-order valence-corrected chi connectivity index (χ1v) is 18.6. The molecule has 2 N–H and O–H groups in total. The Kier molecular flexibility index (Phi) is 27.9. The summed E-state index contributed by atoms with van der Waals surface area (Å²) in [5.74, 6) is 0. The smallest absolute Gasteiger partial charge is 0.200 e. The summed E-state index contributed by atoms with van der Waals surface area (Å²) >= 11 is 0. The fraction of sp³-hybridized carbons (Fsp3) is 1.00. The molecule has 0 saturated carbocycles. The van der Waals surface area contributed by atoms with Crippen molar-refractivity contribution in [1.29, 1.82) is 0 Å². The SMILES string of the molecule is CCCCCCCCOCCCP(O)CCCCCCP(=O)(O)CCCOCCCCCCCC. The lowest BCUT2D eigenvalue weighted by Gasteiger charge is -2.12. The zero-order valence-corrected chi connectivity index (χ0v) is 25.2. The zero-order chi connectivity index (χ0) is 25.9. The molecule has 0 amide bonds. The molecule has 0 aliphatic heterocycles. The van der Waals surface area contributed by atoms with Gasteiger partial charge in [0.05, 0.1) is 0 Å². The molecule has 0 aromatic rings. The Morgan fingerprint density at radius 1 is 0.543 bits per heavy atom. The van der Waals surface area contributed by atoms with Gasteiger partial charge in [0.25, 0.3) is 0 Å². The van der Waals surface area contributed by atoms with Gasteiger partial charge in [-0.3, -0.25) is 4.57 Å². The van der Waals surface area contributed by atoms with Crippen LogP contribution in [0.25, 0.3) is 0 Å². The Morgan fingerprint density at radius 3 is 1.54 bits per heavy atom. The van der Waals surface area contributed by atoms with Crippen LogP contribution in [0.5, 0.6) is 0 Å². The van der Waals surface area contributed by atoms with Crippen molar-refractivity contribution in [3.05, 3.63) is 0 Å². The lowest BCUT2D eigenvalue weighted by Crippen LogP contribution is -2.02. The average Bonchev–Trinajstić information content (AvgIpc) is 2.83. The minimum absolute atomic E-state index is 0.381. The molecular formula is C28H60O5P2. The fourth-order valence-electron chi connectivity index (χ4n) is 4.17. The minimum atomic E-state index is -3.01. The van der Waals surface area contributed by atoms with Gasteiger partial charge in [0.15, 0.2) is 0 Å². The predicted molar refractivity (Wildman–Crippen MR) is 155 cm³/mol. The van der Waals surface area contributed by atoms with Gasteiger partial charge < -0.3 is 19.3 Å². The molecule has 7 heteroatoms. The summed E-state index contributed by atoms with van der Waals surface area (Å²) in [5, 5.41) is 0. The van der Waals surface area contributed by atoms with Crippen LogP contribution >= 0.6 is 15.5 Å². The molecule has 212 valence electrons. The van der Waals surface area contributed by atoms with Gasteiger partial charge in [-0.25, -0.2) is 0 Å². The van der Waals surface area contributed by atoms with E-state index in [-0.39, 0.29) is 0 Å². The summed E-state index contributed by atoms with van der Waals surface area (Å²) in [6.45, 7) is 7.48. The van der Waals surface area contributed by atoms with Gasteiger partial charge in [0.2, 0.25) is 7.37 Å². The molecule has 0 radical (unpaired) electrons. The Hall–Kier alpha value is 0.500. The normalized spacial score (nSPS) is 14.3. The topological polar surface area (TPSA) is 76.0 Å². The van der Waals surface area contributed by atoms with Crippen LogP contribution in [0, 0.1) is 0 Å². The number of hydrogen-bond donors (Lipinski definition) is 2. The molecule has 0 fully saturated rings. The summed E-state index contributed by atoms with van der Waals surface area (Å²) in [5.41, 5.74) is 0. The third kappa shape index (κ3) is 28.9. The highest BCUT2D eigenvalue weighted by Gasteiger charge is 2.16. The highest BCUT2D eigenvalue weighted by atomic mass is 31.2. The van der Waals surface area contributed by atoms with Gasteiger partial charge in [0.1, 0.15) is 0 Å². The van der Waals surface area contributed by atoms with Crippen LogP contribution < -0.4 is 0 Å². The summed E-state index contributed by atoms with van der Waals surface area (Å²) in [7, 11) is -3.88. The summed E-state index contributed by atoms with van der Waals surface area (Å²) in [4.78, 5) is 20.4. The fourth-order valence-corrected chi connectivity index (χ4v) is 7.04. The van der Waals surface area contributed by atoms with E-state index >= 15 is 0 Å². The van der Waals surface area contributed by atoms with E-state index in [0.717, 1.165) is 77.1 Å². The molecule has 2 atom stereocenters. The molecule has 0 saturated heterocycles. The number of ether oxygens (including phenoxy) is 2. The van der Waals surface area contributed by atoms with Crippen molar-refractivity contribution in [2.75, 3.05) is 51.1 Å². The molecule has 5 nitrogen and oxygen atoms in total. The third-order valence-corrected chi connectivity index (χ3v) is 10.2. The largest absolute Gasteiger partial charge is 0.381 e. The van der Waals surface area contributed by atoms with Crippen molar-refractivity contribution < 1.29 is 23.8 Å². The predicted octanol–water partition coefficient (Wildman–Crippen LogP) is 8.74. The molecule has 2 unspecified atom stereocenters. The van der Waals surface area contributed by atoms with Crippen LogP contribution in [-0.4, -0.2) is 60.9 Å². The first kappa shape index (κ1) is 35.5. The van der Waals surface area contributed by atoms with Crippen LogP contribution in [0.4, 0.5) is 0 Å². The van der Waals surface area contributed by atoms with Crippen molar-refractivity contribution in [2.24, 2.45) is 0 Å². The summed E-state index contributed by atoms with van der Waals surface area (Å²) in [6.07, 6.45) is 23.3. The summed E-state index contributed by atoms with van der Waals surface area (Å²) in [6, 6.07) is 0. The van der Waals surface area contributed by atoms with Crippen molar-refractivity contribution in [3.63, 3.8) is 0 Å². The van der Waals surface area contributed by atoms with E-state index in [9.17, 15) is 14.4 Å². The highest BCUT2D eigenvalue weighted by Crippen LogP contribution is 2.42. The second-order valence-corrected chi connectivity index (χ2v) is 14.6. The second-order valence-electron chi connectivity index (χ2n) is 10.1. The zero-order valence-electron chi connectivity index (χ0n) is 23.4. The van der Waals surface area contributed by atoms with Gasteiger partial charge in [-0.1, -0.05) is 90.9 Å². The Labute approximate surface area is 219 Å². The molecular weight excluding hydrogens is 478 g/mol. The lowest BCUT2D eigenvalue weighted by atomic mass is 10.1. The summed E-state index contributed by atoms with van der Waals surface area (Å²) < 4.78 is 23.6. The van der Waals surface area contributed by atoms with Gasteiger partial charge in [-0.05, 0) is 50.8 Å². The maximum Gasteiger partial charge on any atom is 0.200 e. The first-order chi connectivity index (χ1) is 17.0.